The van der Waals surface area contributed by atoms with Crippen molar-refractivity contribution < 1.29 is 4.57 Å². The highest BCUT2D eigenvalue weighted by molar-refractivity contribution is 8.03. The molecule has 1 saturated heterocycles. The Kier molecular flexibility index (Phi) is 4.13. The van der Waals surface area contributed by atoms with Gasteiger partial charge in [-0.1, -0.05) is 29.5 Å². The topological polar surface area (TPSA) is 7.12 Å². The Bertz CT molecular complexity index is 670. The van der Waals surface area contributed by atoms with Gasteiger partial charge in [-0.2, -0.15) is 4.57 Å². The maximum absolute atomic E-state index is 2.38. The van der Waals surface area contributed by atoms with Gasteiger partial charge in [-0.25, -0.2) is 0 Å². The molecule has 1 aromatic heterocycles. The van der Waals surface area contributed by atoms with Crippen LogP contribution in [0.5, 0.6) is 0 Å². The van der Waals surface area contributed by atoms with Crippen molar-refractivity contribution in [3.63, 3.8) is 0 Å². The Balaban J connectivity index is 1.90. The van der Waals surface area contributed by atoms with Gasteiger partial charge in [0.25, 0.3) is 5.01 Å². The van der Waals surface area contributed by atoms with E-state index in [1.165, 1.54) is 26.0 Å². The SMILES string of the molecule is CC[n+]1c(/C=C/C=C2/SCCN2C)sc2ccccc21. The van der Waals surface area contributed by atoms with Gasteiger partial charge >= 0.3 is 0 Å². The van der Waals surface area contributed by atoms with E-state index in [-0.39, 0.29) is 0 Å². The normalized spacial score (nSPS) is 17.9. The molecule has 3 rings (SSSR count). The molecule has 2 heterocycles. The van der Waals surface area contributed by atoms with Crippen molar-refractivity contribution in [1.82, 2.24) is 4.90 Å². The van der Waals surface area contributed by atoms with Crippen molar-refractivity contribution in [1.29, 1.82) is 0 Å². The van der Waals surface area contributed by atoms with Gasteiger partial charge in [0.1, 0.15) is 11.2 Å². The zero-order valence-corrected chi connectivity index (χ0v) is 13.5. The van der Waals surface area contributed by atoms with E-state index in [9.17, 15) is 0 Å². The van der Waals surface area contributed by atoms with Gasteiger partial charge in [-0.3, -0.25) is 0 Å². The molecule has 2 aromatic rings. The molecule has 0 aliphatic carbocycles. The number of hydrogen-bond donors (Lipinski definition) is 0. The van der Waals surface area contributed by atoms with Crippen LogP contribution >= 0.6 is 23.1 Å². The van der Waals surface area contributed by atoms with E-state index in [4.69, 9.17) is 0 Å². The Hall–Kier alpha value is -1.26. The summed E-state index contributed by atoms with van der Waals surface area (Å²) >= 11 is 3.79. The van der Waals surface area contributed by atoms with Gasteiger partial charge in [0.15, 0.2) is 0 Å². The average Bonchev–Trinajstić information content (AvgIpc) is 3.02. The lowest BCUT2D eigenvalue weighted by atomic mass is 10.3. The Morgan fingerprint density at radius 2 is 2.20 bits per heavy atom. The molecule has 1 fully saturated rings. The minimum Gasteiger partial charge on any atom is -0.369 e. The van der Waals surface area contributed by atoms with Crippen LogP contribution in [0.4, 0.5) is 0 Å². The molecule has 1 aliphatic heterocycles. The summed E-state index contributed by atoms with van der Waals surface area (Å²) < 4.78 is 3.73. The fraction of sp³-hybridized carbons (Fsp3) is 0.312. The number of aromatic nitrogens is 1. The molecule has 0 radical (unpaired) electrons. The van der Waals surface area contributed by atoms with Crippen LogP contribution in [0, 0.1) is 0 Å². The van der Waals surface area contributed by atoms with Crippen LogP contribution in [-0.2, 0) is 6.54 Å². The minimum atomic E-state index is 1.01. The second-order valence-electron chi connectivity index (χ2n) is 4.79. The first-order valence-electron chi connectivity index (χ1n) is 6.93. The number of hydrogen-bond acceptors (Lipinski definition) is 3. The molecule has 0 bridgehead atoms. The standard InChI is InChI=1S/C16H19N2S2/c1-3-18-13-7-4-5-8-14(13)20-16(18)10-6-9-15-17(2)11-12-19-15/h4-10H,3,11-12H2,1-2H3/q+1. The molecule has 0 unspecified atom stereocenters. The molecule has 0 atom stereocenters. The number of rotatable bonds is 3. The van der Waals surface area contributed by atoms with Gasteiger partial charge in [0.2, 0.25) is 5.52 Å². The molecule has 0 saturated carbocycles. The van der Waals surface area contributed by atoms with Gasteiger partial charge in [-0.05, 0) is 19.1 Å². The first kappa shape index (κ1) is 13.7. The third kappa shape index (κ3) is 2.63. The molecule has 20 heavy (non-hydrogen) atoms. The molecule has 1 aromatic carbocycles. The van der Waals surface area contributed by atoms with E-state index in [1.807, 2.05) is 23.1 Å². The fourth-order valence-corrected chi connectivity index (χ4v) is 4.60. The van der Waals surface area contributed by atoms with E-state index in [0.717, 1.165) is 13.1 Å². The second-order valence-corrected chi connectivity index (χ2v) is 6.96. The lowest BCUT2D eigenvalue weighted by Crippen LogP contribution is -2.33. The lowest BCUT2D eigenvalue weighted by molar-refractivity contribution is -0.665. The summed E-state index contributed by atoms with van der Waals surface area (Å²) in [5.41, 5.74) is 1.33. The van der Waals surface area contributed by atoms with Crippen LogP contribution < -0.4 is 4.57 Å². The summed E-state index contributed by atoms with van der Waals surface area (Å²) in [5.74, 6) is 1.20. The average molecular weight is 303 g/mol. The van der Waals surface area contributed by atoms with Crippen molar-refractivity contribution in [2.45, 2.75) is 13.5 Å². The zero-order valence-electron chi connectivity index (χ0n) is 11.9. The number of thioether (sulfide) groups is 1. The monoisotopic (exact) mass is 303 g/mol. The molecule has 104 valence electrons. The van der Waals surface area contributed by atoms with Gasteiger partial charge in [0, 0.05) is 31.5 Å². The first-order valence-corrected chi connectivity index (χ1v) is 8.73. The largest absolute Gasteiger partial charge is 0.369 e. The Morgan fingerprint density at radius 1 is 1.35 bits per heavy atom. The molecule has 0 spiro atoms. The summed E-state index contributed by atoms with van der Waals surface area (Å²) in [5, 5.41) is 2.68. The third-order valence-corrected chi connectivity index (χ3v) is 5.74. The number of aryl methyl sites for hydroxylation is 1. The predicted octanol–water partition coefficient (Wildman–Crippen LogP) is 3.74. The summed E-state index contributed by atoms with van der Waals surface area (Å²) in [6.45, 7) is 4.37. The summed E-state index contributed by atoms with van der Waals surface area (Å²) in [6, 6.07) is 8.62. The van der Waals surface area contributed by atoms with E-state index >= 15 is 0 Å². The highest BCUT2D eigenvalue weighted by Gasteiger charge is 2.16. The van der Waals surface area contributed by atoms with Crippen LogP contribution in [0.3, 0.4) is 0 Å². The molecule has 4 heteroatoms. The number of thiazole rings is 1. The molecular formula is C16H19N2S2+. The molecule has 0 amide bonds. The Labute approximate surface area is 128 Å². The van der Waals surface area contributed by atoms with E-state index in [1.54, 1.807) is 0 Å². The van der Waals surface area contributed by atoms with Crippen molar-refractivity contribution in [3.05, 3.63) is 46.5 Å². The van der Waals surface area contributed by atoms with Crippen LogP contribution in [0.25, 0.3) is 16.3 Å². The van der Waals surface area contributed by atoms with Gasteiger partial charge in [0.05, 0.1) is 5.03 Å². The van der Waals surface area contributed by atoms with Crippen molar-refractivity contribution in [2.75, 3.05) is 19.3 Å². The predicted molar refractivity (Wildman–Crippen MR) is 89.9 cm³/mol. The number of para-hydroxylation sites is 1. The maximum atomic E-state index is 2.38. The quantitative estimate of drug-likeness (QED) is 0.797. The molecule has 2 nitrogen and oxygen atoms in total. The Morgan fingerprint density at radius 3 is 2.95 bits per heavy atom. The number of nitrogens with zero attached hydrogens (tertiary/aromatic N) is 2. The zero-order chi connectivity index (χ0) is 13.9. The van der Waals surface area contributed by atoms with Crippen LogP contribution in [-0.4, -0.2) is 24.2 Å². The van der Waals surface area contributed by atoms with Crippen LogP contribution in [0.15, 0.2) is 41.4 Å². The smallest absolute Gasteiger partial charge is 0.262 e. The maximum Gasteiger partial charge on any atom is 0.262 e. The minimum absolute atomic E-state index is 1.01. The van der Waals surface area contributed by atoms with E-state index < -0.39 is 0 Å². The molecule has 1 aliphatic rings. The van der Waals surface area contributed by atoms with Gasteiger partial charge < -0.3 is 4.90 Å². The highest BCUT2D eigenvalue weighted by atomic mass is 32.2. The highest BCUT2D eigenvalue weighted by Crippen LogP contribution is 2.26. The molecule has 0 N–H and O–H groups in total. The van der Waals surface area contributed by atoms with E-state index in [0.29, 0.717) is 0 Å². The lowest BCUT2D eigenvalue weighted by Gasteiger charge is -2.09. The third-order valence-electron chi connectivity index (χ3n) is 3.48. The summed E-state index contributed by atoms with van der Waals surface area (Å²) in [6.07, 6.45) is 6.64. The second kappa shape index (κ2) is 6.02. The van der Waals surface area contributed by atoms with Gasteiger partial charge in [-0.15, -0.1) is 11.8 Å². The van der Waals surface area contributed by atoms with Crippen molar-refractivity contribution in [3.8, 4) is 0 Å². The van der Waals surface area contributed by atoms with Crippen LogP contribution in [0.2, 0.25) is 0 Å². The summed E-state index contributed by atoms with van der Waals surface area (Å²) in [4.78, 5) is 2.31. The van der Waals surface area contributed by atoms with E-state index in [2.05, 4.69) is 65.9 Å². The fourth-order valence-electron chi connectivity index (χ4n) is 2.40. The first-order chi connectivity index (χ1) is 9.79. The summed E-state index contributed by atoms with van der Waals surface area (Å²) in [7, 11) is 2.16. The number of benzene rings is 1. The van der Waals surface area contributed by atoms with Crippen molar-refractivity contribution >= 4 is 39.4 Å². The molecular weight excluding hydrogens is 284 g/mol. The van der Waals surface area contributed by atoms with Crippen molar-refractivity contribution in [2.24, 2.45) is 0 Å². The van der Waals surface area contributed by atoms with Crippen LogP contribution in [0.1, 0.15) is 11.9 Å². The number of fused-ring (bicyclic) bond motifs is 1. The number of allylic oxidation sites excluding steroid dienone is 2.